The standard InChI is InChI=1S/C27H19ClN2O5S/c1-14-2-8-18-21(12-14)36-27(29-18)30-23(15-3-6-17(28)7-4-15)22(25(32)26(30)33)24(31)16-5-9-19-20(13-16)35-11-10-34-19/h2-9,12-13,23,31H,10-11H2,1H3. The van der Waals surface area contributed by atoms with Crippen molar-refractivity contribution in [1.29, 1.82) is 0 Å². The molecule has 2 aliphatic rings. The monoisotopic (exact) mass is 518 g/mol. The van der Waals surface area contributed by atoms with Crippen LogP contribution < -0.4 is 14.4 Å². The zero-order chi connectivity index (χ0) is 25.0. The van der Waals surface area contributed by atoms with Crippen molar-refractivity contribution in [3.63, 3.8) is 0 Å². The maximum absolute atomic E-state index is 13.4. The van der Waals surface area contributed by atoms with E-state index in [0.717, 1.165) is 15.8 Å². The Morgan fingerprint density at radius 3 is 2.56 bits per heavy atom. The number of halogens is 1. The Morgan fingerprint density at radius 1 is 1.03 bits per heavy atom. The largest absolute Gasteiger partial charge is 0.507 e. The number of aromatic nitrogens is 1. The third-order valence-corrected chi connectivity index (χ3v) is 7.45. The predicted molar refractivity (Wildman–Crippen MR) is 138 cm³/mol. The van der Waals surface area contributed by atoms with E-state index in [4.69, 9.17) is 21.1 Å². The van der Waals surface area contributed by atoms with Gasteiger partial charge in [0.15, 0.2) is 16.6 Å². The number of carbonyl (C=O) groups is 2. The topological polar surface area (TPSA) is 89.0 Å². The number of aryl methyl sites for hydroxylation is 1. The Hall–Kier alpha value is -3.88. The second kappa shape index (κ2) is 8.65. The van der Waals surface area contributed by atoms with Crippen LogP contribution in [0.1, 0.15) is 22.7 Å². The third kappa shape index (κ3) is 3.70. The minimum atomic E-state index is -0.892. The quantitative estimate of drug-likeness (QED) is 0.214. The molecule has 0 radical (unpaired) electrons. The summed E-state index contributed by atoms with van der Waals surface area (Å²) in [5.74, 6) is -0.839. The predicted octanol–water partition coefficient (Wildman–Crippen LogP) is 5.66. The van der Waals surface area contributed by atoms with Gasteiger partial charge in [0.25, 0.3) is 5.78 Å². The van der Waals surface area contributed by atoms with Gasteiger partial charge in [0.05, 0.1) is 21.8 Å². The van der Waals surface area contributed by atoms with Gasteiger partial charge in [-0.1, -0.05) is 41.1 Å². The summed E-state index contributed by atoms with van der Waals surface area (Å²) in [4.78, 5) is 32.8. The Morgan fingerprint density at radius 2 is 1.78 bits per heavy atom. The van der Waals surface area contributed by atoms with Crippen LogP contribution in [0.3, 0.4) is 0 Å². The fourth-order valence-corrected chi connectivity index (χ4v) is 5.68. The van der Waals surface area contributed by atoms with Gasteiger partial charge in [0, 0.05) is 10.6 Å². The lowest BCUT2D eigenvalue weighted by Crippen LogP contribution is -2.29. The number of hydrogen-bond acceptors (Lipinski definition) is 7. The number of aliphatic hydroxyl groups is 1. The minimum Gasteiger partial charge on any atom is -0.507 e. The molecule has 1 amide bonds. The number of anilines is 1. The molecular weight excluding hydrogens is 500 g/mol. The fraction of sp³-hybridized carbons (Fsp3) is 0.148. The molecule has 3 heterocycles. The molecule has 9 heteroatoms. The molecule has 0 spiro atoms. The number of nitrogens with zero attached hydrogens (tertiary/aromatic N) is 2. The van der Waals surface area contributed by atoms with E-state index < -0.39 is 17.7 Å². The van der Waals surface area contributed by atoms with Gasteiger partial charge in [0.2, 0.25) is 0 Å². The number of benzene rings is 3. The molecule has 2 aliphatic heterocycles. The summed E-state index contributed by atoms with van der Waals surface area (Å²) in [6.07, 6.45) is 0. The summed E-state index contributed by atoms with van der Waals surface area (Å²) in [7, 11) is 0. The summed E-state index contributed by atoms with van der Waals surface area (Å²) in [5, 5.41) is 12.3. The van der Waals surface area contributed by atoms with Crippen LogP contribution >= 0.6 is 22.9 Å². The van der Waals surface area contributed by atoms with Gasteiger partial charge in [-0.3, -0.25) is 14.5 Å². The highest BCUT2D eigenvalue weighted by Crippen LogP contribution is 2.45. The lowest BCUT2D eigenvalue weighted by molar-refractivity contribution is -0.132. The van der Waals surface area contributed by atoms with E-state index in [9.17, 15) is 14.7 Å². The first-order chi connectivity index (χ1) is 17.4. The van der Waals surface area contributed by atoms with Gasteiger partial charge >= 0.3 is 5.91 Å². The molecule has 1 aromatic heterocycles. The number of fused-ring (bicyclic) bond motifs is 2. The SMILES string of the molecule is Cc1ccc2nc(N3C(=O)C(=O)C(=C(O)c4ccc5c(c4)OCCO5)C3c3ccc(Cl)cc3)sc2c1. The Kier molecular flexibility index (Phi) is 5.43. The third-order valence-electron chi connectivity index (χ3n) is 6.18. The maximum atomic E-state index is 13.4. The number of thiazole rings is 1. The number of aliphatic hydroxyl groups excluding tert-OH is 1. The van der Waals surface area contributed by atoms with Crippen molar-refractivity contribution >= 4 is 55.7 Å². The molecule has 4 aromatic rings. The molecular formula is C27H19ClN2O5S. The average molecular weight is 519 g/mol. The van der Waals surface area contributed by atoms with Crippen molar-refractivity contribution < 1.29 is 24.2 Å². The van der Waals surface area contributed by atoms with Crippen molar-refractivity contribution in [3.05, 3.63) is 87.9 Å². The van der Waals surface area contributed by atoms with E-state index in [-0.39, 0.29) is 11.3 Å². The van der Waals surface area contributed by atoms with Crippen LogP contribution in [0.25, 0.3) is 16.0 Å². The van der Waals surface area contributed by atoms with Crippen molar-refractivity contribution in [3.8, 4) is 11.5 Å². The molecule has 7 nitrogen and oxygen atoms in total. The smallest absolute Gasteiger partial charge is 0.301 e. The Bertz CT molecular complexity index is 1580. The van der Waals surface area contributed by atoms with Crippen LogP contribution in [0, 0.1) is 6.92 Å². The molecule has 1 N–H and O–H groups in total. The molecule has 1 unspecified atom stereocenters. The van der Waals surface area contributed by atoms with Crippen LogP contribution in [0.2, 0.25) is 5.02 Å². The molecule has 36 heavy (non-hydrogen) atoms. The molecule has 3 aromatic carbocycles. The lowest BCUT2D eigenvalue weighted by atomic mass is 9.95. The molecule has 1 saturated heterocycles. The van der Waals surface area contributed by atoms with Crippen molar-refractivity contribution in [2.24, 2.45) is 0 Å². The van der Waals surface area contributed by atoms with Crippen LogP contribution in [0.15, 0.2) is 66.2 Å². The van der Waals surface area contributed by atoms with E-state index >= 15 is 0 Å². The van der Waals surface area contributed by atoms with Gasteiger partial charge in [-0.05, 0) is 60.5 Å². The highest BCUT2D eigenvalue weighted by atomic mass is 35.5. The van der Waals surface area contributed by atoms with Gasteiger partial charge < -0.3 is 14.6 Å². The lowest BCUT2D eigenvalue weighted by Gasteiger charge is -2.23. The normalized spacial score (nSPS) is 18.7. The number of Topliss-reactive ketones (excluding diaryl/α,β-unsaturated/α-hetero) is 1. The molecule has 1 fully saturated rings. The molecule has 0 saturated carbocycles. The van der Waals surface area contributed by atoms with Crippen LogP contribution in [-0.2, 0) is 9.59 Å². The molecule has 0 aliphatic carbocycles. The highest BCUT2D eigenvalue weighted by Gasteiger charge is 2.48. The molecule has 1 atom stereocenters. The zero-order valence-electron chi connectivity index (χ0n) is 19.0. The summed E-state index contributed by atoms with van der Waals surface area (Å²) in [6.45, 7) is 2.79. The number of amides is 1. The zero-order valence-corrected chi connectivity index (χ0v) is 20.6. The van der Waals surface area contributed by atoms with E-state index in [1.807, 2.05) is 25.1 Å². The summed E-state index contributed by atoms with van der Waals surface area (Å²) in [6, 6.07) is 16.7. The number of ketones is 1. The second-order valence-electron chi connectivity index (χ2n) is 8.55. The first-order valence-corrected chi connectivity index (χ1v) is 12.4. The van der Waals surface area contributed by atoms with Crippen molar-refractivity contribution in [2.45, 2.75) is 13.0 Å². The number of carbonyl (C=O) groups excluding carboxylic acids is 2. The van der Waals surface area contributed by atoms with E-state index in [1.54, 1.807) is 42.5 Å². The van der Waals surface area contributed by atoms with Crippen LogP contribution in [-0.4, -0.2) is 35.0 Å². The Labute approximate surface area is 215 Å². The van der Waals surface area contributed by atoms with Crippen LogP contribution in [0.5, 0.6) is 11.5 Å². The van der Waals surface area contributed by atoms with Gasteiger partial charge in [-0.25, -0.2) is 4.98 Å². The van der Waals surface area contributed by atoms with E-state index in [0.29, 0.717) is 46.0 Å². The fourth-order valence-electron chi connectivity index (χ4n) is 4.46. The highest BCUT2D eigenvalue weighted by molar-refractivity contribution is 7.22. The van der Waals surface area contributed by atoms with E-state index in [2.05, 4.69) is 4.98 Å². The number of ether oxygens (including phenoxy) is 2. The minimum absolute atomic E-state index is 0.0329. The summed E-state index contributed by atoms with van der Waals surface area (Å²) in [5.41, 5.74) is 2.72. The number of hydrogen-bond donors (Lipinski definition) is 1. The molecule has 6 rings (SSSR count). The first kappa shape index (κ1) is 22.6. The second-order valence-corrected chi connectivity index (χ2v) is 9.99. The van der Waals surface area contributed by atoms with Crippen molar-refractivity contribution in [1.82, 2.24) is 4.98 Å². The maximum Gasteiger partial charge on any atom is 0.301 e. The van der Waals surface area contributed by atoms with E-state index in [1.165, 1.54) is 16.2 Å². The molecule has 0 bridgehead atoms. The summed E-state index contributed by atoms with van der Waals surface area (Å²) < 4.78 is 12.1. The average Bonchev–Trinajstić information content (AvgIpc) is 3.41. The van der Waals surface area contributed by atoms with Gasteiger partial charge in [0.1, 0.15) is 19.0 Å². The Balaban J connectivity index is 1.54. The number of rotatable bonds is 3. The summed E-state index contributed by atoms with van der Waals surface area (Å²) >= 11 is 7.43. The van der Waals surface area contributed by atoms with Gasteiger partial charge in [-0.15, -0.1) is 0 Å². The molecule has 180 valence electrons. The first-order valence-electron chi connectivity index (χ1n) is 11.2. The van der Waals surface area contributed by atoms with Crippen LogP contribution in [0.4, 0.5) is 5.13 Å². The van der Waals surface area contributed by atoms with Crippen molar-refractivity contribution in [2.75, 3.05) is 18.1 Å². The van der Waals surface area contributed by atoms with Gasteiger partial charge in [-0.2, -0.15) is 0 Å².